The zero-order chi connectivity index (χ0) is 15.2. The van der Waals surface area contributed by atoms with Crippen LogP contribution < -0.4 is 5.32 Å². The van der Waals surface area contributed by atoms with Gasteiger partial charge in [0.1, 0.15) is 0 Å². The Balaban J connectivity index is 1.78. The van der Waals surface area contributed by atoms with Crippen molar-refractivity contribution in [1.82, 2.24) is 15.2 Å². The van der Waals surface area contributed by atoms with E-state index in [4.69, 9.17) is 4.74 Å². The maximum atomic E-state index is 5.43. The lowest BCUT2D eigenvalue weighted by Gasteiger charge is -2.24. The second-order valence-electron chi connectivity index (χ2n) is 5.58. The molecule has 1 N–H and O–H groups in total. The second kappa shape index (κ2) is 7.75. The van der Waals surface area contributed by atoms with Gasteiger partial charge in [0.25, 0.3) is 0 Å². The minimum absolute atomic E-state index is 0.625. The first-order valence-corrected chi connectivity index (χ1v) is 8.34. The summed E-state index contributed by atoms with van der Waals surface area (Å²) in [6, 6.07) is 0. The summed E-state index contributed by atoms with van der Waals surface area (Å²) in [6.45, 7) is 7.80. The largest absolute Gasteiger partial charge is 0.381 e. The number of aromatic nitrogens is 1. The van der Waals surface area contributed by atoms with Crippen LogP contribution in [-0.2, 0) is 11.2 Å². The molecule has 1 saturated heterocycles. The number of ether oxygens (including phenoxy) is 1. The van der Waals surface area contributed by atoms with Crippen molar-refractivity contribution < 1.29 is 4.74 Å². The molecule has 21 heavy (non-hydrogen) atoms. The van der Waals surface area contributed by atoms with Crippen LogP contribution in [0, 0.1) is 19.8 Å². The number of aryl methyl sites for hydroxylation is 2. The Labute approximate surface area is 131 Å². The molecule has 1 fully saturated rings. The molecule has 1 atom stereocenters. The molecule has 2 rings (SSSR count). The van der Waals surface area contributed by atoms with Crippen molar-refractivity contribution in [2.75, 3.05) is 40.4 Å². The maximum absolute atomic E-state index is 5.43. The molecular formula is C15H26N4OS. The van der Waals surface area contributed by atoms with E-state index in [0.29, 0.717) is 5.92 Å². The van der Waals surface area contributed by atoms with Crippen LogP contribution >= 0.6 is 11.3 Å². The standard InChI is InChI=1S/C15H26N4OS/c1-11-14(21-12(2)18-11)5-7-17-15(16-3)19(4)9-13-6-8-20-10-13/h13H,5-10H2,1-4H3,(H,16,17). The Bertz CT molecular complexity index is 480. The van der Waals surface area contributed by atoms with Crippen LogP contribution in [0.4, 0.5) is 0 Å². The third-order valence-corrected chi connectivity index (χ3v) is 4.90. The molecule has 5 nitrogen and oxygen atoms in total. The SMILES string of the molecule is CN=C(NCCc1sc(C)nc1C)N(C)CC1CCOC1. The molecule has 6 heteroatoms. The first kappa shape index (κ1) is 16.2. The summed E-state index contributed by atoms with van der Waals surface area (Å²) < 4.78 is 5.43. The minimum Gasteiger partial charge on any atom is -0.381 e. The Kier molecular flexibility index (Phi) is 5.99. The third-order valence-electron chi connectivity index (χ3n) is 3.76. The fourth-order valence-corrected chi connectivity index (χ4v) is 3.62. The minimum atomic E-state index is 0.625. The molecule has 1 aromatic rings. The molecule has 1 aliphatic rings. The van der Waals surface area contributed by atoms with Crippen LogP contribution in [0.25, 0.3) is 0 Å². The van der Waals surface area contributed by atoms with Gasteiger partial charge < -0.3 is 15.0 Å². The summed E-state index contributed by atoms with van der Waals surface area (Å²) in [7, 11) is 3.93. The first-order valence-electron chi connectivity index (χ1n) is 7.52. The van der Waals surface area contributed by atoms with E-state index in [-0.39, 0.29) is 0 Å². The van der Waals surface area contributed by atoms with Gasteiger partial charge in [-0.3, -0.25) is 4.99 Å². The molecule has 0 aliphatic carbocycles. The number of nitrogens with zero attached hydrogens (tertiary/aromatic N) is 3. The topological polar surface area (TPSA) is 49.8 Å². The van der Waals surface area contributed by atoms with E-state index in [1.54, 1.807) is 11.3 Å². The molecule has 0 bridgehead atoms. The Morgan fingerprint density at radius 1 is 1.52 bits per heavy atom. The van der Waals surface area contributed by atoms with Gasteiger partial charge in [-0.05, 0) is 20.3 Å². The highest BCUT2D eigenvalue weighted by Crippen LogP contribution is 2.17. The number of hydrogen-bond donors (Lipinski definition) is 1. The predicted octanol–water partition coefficient (Wildman–Crippen LogP) is 1.85. The molecule has 118 valence electrons. The van der Waals surface area contributed by atoms with E-state index in [1.807, 2.05) is 7.05 Å². The molecule has 1 aliphatic heterocycles. The fourth-order valence-electron chi connectivity index (χ4n) is 2.68. The monoisotopic (exact) mass is 310 g/mol. The highest BCUT2D eigenvalue weighted by molar-refractivity contribution is 7.11. The van der Waals surface area contributed by atoms with Gasteiger partial charge in [0, 0.05) is 51.0 Å². The van der Waals surface area contributed by atoms with Gasteiger partial charge in [-0.25, -0.2) is 4.98 Å². The number of thiazole rings is 1. The second-order valence-corrected chi connectivity index (χ2v) is 6.86. The van der Waals surface area contributed by atoms with Crippen molar-refractivity contribution in [3.63, 3.8) is 0 Å². The third kappa shape index (κ3) is 4.68. The summed E-state index contributed by atoms with van der Waals surface area (Å²) in [5.74, 6) is 1.58. The van der Waals surface area contributed by atoms with E-state index in [9.17, 15) is 0 Å². The number of nitrogens with one attached hydrogen (secondary N) is 1. The highest BCUT2D eigenvalue weighted by atomic mass is 32.1. The summed E-state index contributed by atoms with van der Waals surface area (Å²) >= 11 is 1.79. The van der Waals surface area contributed by atoms with Crippen molar-refractivity contribution in [3.05, 3.63) is 15.6 Å². The molecule has 0 radical (unpaired) electrons. The number of hydrogen-bond acceptors (Lipinski definition) is 4. The van der Waals surface area contributed by atoms with Gasteiger partial charge in [-0.2, -0.15) is 0 Å². The van der Waals surface area contributed by atoms with Crippen LogP contribution in [0.2, 0.25) is 0 Å². The molecule has 0 aromatic carbocycles. The average Bonchev–Trinajstić information content (AvgIpc) is 3.05. The molecule has 0 saturated carbocycles. The summed E-state index contributed by atoms with van der Waals surface area (Å²) in [5, 5.41) is 4.59. The van der Waals surface area contributed by atoms with Crippen LogP contribution in [0.5, 0.6) is 0 Å². The summed E-state index contributed by atoms with van der Waals surface area (Å²) in [5.41, 5.74) is 1.16. The van der Waals surface area contributed by atoms with Crippen molar-refractivity contribution >= 4 is 17.3 Å². The van der Waals surface area contributed by atoms with Gasteiger partial charge in [-0.1, -0.05) is 0 Å². The Morgan fingerprint density at radius 3 is 2.90 bits per heavy atom. The molecule has 2 heterocycles. The smallest absolute Gasteiger partial charge is 0.193 e. The van der Waals surface area contributed by atoms with E-state index < -0.39 is 0 Å². The van der Waals surface area contributed by atoms with Crippen molar-refractivity contribution in [3.8, 4) is 0 Å². The van der Waals surface area contributed by atoms with Crippen LogP contribution in [0.3, 0.4) is 0 Å². The van der Waals surface area contributed by atoms with Crippen LogP contribution in [0.1, 0.15) is 22.0 Å². The zero-order valence-electron chi connectivity index (χ0n) is 13.5. The normalized spacial score (nSPS) is 19.0. The quantitative estimate of drug-likeness (QED) is 0.666. The number of rotatable bonds is 5. The molecule has 1 aromatic heterocycles. The van der Waals surface area contributed by atoms with Crippen molar-refractivity contribution in [2.24, 2.45) is 10.9 Å². The van der Waals surface area contributed by atoms with Crippen LogP contribution in [0.15, 0.2) is 4.99 Å². The lowest BCUT2D eigenvalue weighted by Crippen LogP contribution is -2.42. The van der Waals surface area contributed by atoms with Gasteiger partial charge in [-0.15, -0.1) is 11.3 Å². The van der Waals surface area contributed by atoms with E-state index >= 15 is 0 Å². The van der Waals surface area contributed by atoms with E-state index in [2.05, 4.69) is 41.1 Å². The van der Waals surface area contributed by atoms with Crippen LogP contribution in [-0.4, -0.2) is 56.2 Å². The van der Waals surface area contributed by atoms with Gasteiger partial charge in [0.2, 0.25) is 0 Å². The van der Waals surface area contributed by atoms with Crippen molar-refractivity contribution in [1.29, 1.82) is 0 Å². The van der Waals surface area contributed by atoms with Gasteiger partial charge in [0.05, 0.1) is 17.3 Å². The zero-order valence-corrected chi connectivity index (χ0v) is 14.3. The lowest BCUT2D eigenvalue weighted by molar-refractivity contribution is 0.181. The highest BCUT2D eigenvalue weighted by Gasteiger charge is 2.19. The number of guanidine groups is 1. The Morgan fingerprint density at radius 2 is 2.33 bits per heavy atom. The average molecular weight is 310 g/mol. The molecule has 1 unspecified atom stereocenters. The molecular weight excluding hydrogens is 284 g/mol. The number of aliphatic imine (C=N–C) groups is 1. The Hall–Kier alpha value is -1.14. The van der Waals surface area contributed by atoms with E-state index in [0.717, 1.165) is 55.8 Å². The summed E-state index contributed by atoms with van der Waals surface area (Å²) in [6.07, 6.45) is 2.15. The molecule has 0 spiro atoms. The molecule has 0 amide bonds. The van der Waals surface area contributed by atoms with Gasteiger partial charge >= 0.3 is 0 Å². The maximum Gasteiger partial charge on any atom is 0.193 e. The fraction of sp³-hybridized carbons (Fsp3) is 0.733. The van der Waals surface area contributed by atoms with Gasteiger partial charge in [0.15, 0.2) is 5.96 Å². The van der Waals surface area contributed by atoms with E-state index in [1.165, 1.54) is 4.88 Å². The summed E-state index contributed by atoms with van der Waals surface area (Å²) in [4.78, 5) is 12.4. The lowest BCUT2D eigenvalue weighted by atomic mass is 10.1. The first-order chi connectivity index (χ1) is 10.1. The van der Waals surface area contributed by atoms with Crippen molar-refractivity contribution in [2.45, 2.75) is 26.7 Å². The predicted molar refractivity (Wildman–Crippen MR) is 88.2 cm³/mol.